The van der Waals surface area contributed by atoms with Crippen molar-refractivity contribution in [3.63, 3.8) is 0 Å². The molecule has 1 aliphatic heterocycles. The summed E-state index contributed by atoms with van der Waals surface area (Å²) in [5, 5.41) is 12.6. The Hall–Kier alpha value is -1.87. The van der Waals surface area contributed by atoms with E-state index in [1.54, 1.807) is 0 Å². The van der Waals surface area contributed by atoms with Gasteiger partial charge < -0.3 is 10.2 Å². The van der Waals surface area contributed by atoms with Crippen LogP contribution in [0.15, 0.2) is 0 Å². The van der Waals surface area contributed by atoms with Crippen LogP contribution in [-0.4, -0.2) is 29.3 Å². The van der Waals surface area contributed by atoms with Crippen LogP contribution < -0.4 is 5.32 Å². The predicted molar refractivity (Wildman–Crippen MR) is 80.0 cm³/mol. The summed E-state index contributed by atoms with van der Waals surface area (Å²) < 4.78 is 0. The van der Waals surface area contributed by atoms with Crippen molar-refractivity contribution in [2.45, 2.75) is 39.2 Å². The van der Waals surface area contributed by atoms with Crippen molar-refractivity contribution in [3.05, 3.63) is 16.0 Å². The average molecular weight is 303 g/mol. The van der Waals surface area contributed by atoms with E-state index in [1.807, 2.05) is 18.7 Å². The fraction of sp³-hybridized carbons (Fsp3) is 0.533. The summed E-state index contributed by atoms with van der Waals surface area (Å²) in [6.07, 6.45) is 2.40. The van der Waals surface area contributed by atoms with Gasteiger partial charge in [0.25, 0.3) is 0 Å². The molecule has 2 amide bonds. The van der Waals surface area contributed by atoms with E-state index in [0.717, 1.165) is 23.3 Å². The summed E-state index contributed by atoms with van der Waals surface area (Å²) in [5.74, 6) is -0.367. The smallest absolute Gasteiger partial charge is 0.230 e. The van der Waals surface area contributed by atoms with Crippen molar-refractivity contribution in [3.8, 4) is 6.07 Å². The summed E-state index contributed by atoms with van der Waals surface area (Å²) in [5.41, 5.74) is 1.45. The summed E-state index contributed by atoms with van der Waals surface area (Å²) in [7, 11) is 0. The quantitative estimate of drug-likeness (QED) is 0.930. The Labute approximate surface area is 127 Å². The number of rotatable bonds is 3. The first-order valence-electron chi connectivity index (χ1n) is 7.11. The van der Waals surface area contributed by atoms with Gasteiger partial charge in [0.2, 0.25) is 11.8 Å². The van der Waals surface area contributed by atoms with Crippen LogP contribution >= 0.6 is 11.3 Å². The number of likely N-dealkylation sites (tertiary alicyclic amines) is 1. The number of amides is 2. The van der Waals surface area contributed by atoms with Gasteiger partial charge >= 0.3 is 0 Å². The molecule has 0 bridgehead atoms. The summed E-state index contributed by atoms with van der Waals surface area (Å²) in [6, 6.07) is 2.50. The molecule has 110 valence electrons. The lowest BCUT2D eigenvalue weighted by Crippen LogP contribution is -2.29. The Morgan fingerprint density at radius 1 is 1.43 bits per heavy atom. The molecule has 1 saturated heterocycles. The standard InChI is InChI=1S/C15H17N3O2S/c1-8-9(2)21-15(12(8)6-16)17-14(20)10-5-13(19)18(7-10)11-3-4-11/h10-11H,3-5,7H2,1-2H3,(H,17,20). The largest absolute Gasteiger partial charge is 0.339 e. The average Bonchev–Trinajstić information content (AvgIpc) is 3.15. The third kappa shape index (κ3) is 2.54. The molecule has 0 spiro atoms. The highest BCUT2D eigenvalue weighted by Crippen LogP contribution is 2.35. The molecular formula is C15H17N3O2S. The zero-order valence-corrected chi connectivity index (χ0v) is 12.9. The molecule has 1 saturated carbocycles. The monoisotopic (exact) mass is 303 g/mol. The van der Waals surface area contributed by atoms with Gasteiger partial charge in [-0.15, -0.1) is 11.3 Å². The second kappa shape index (κ2) is 5.15. The molecule has 1 aliphatic carbocycles. The van der Waals surface area contributed by atoms with E-state index in [-0.39, 0.29) is 24.2 Å². The Balaban J connectivity index is 1.71. The number of carbonyl (C=O) groups is 2. The first kappa shape index (κ1) is 14.1. The number of hydrogen-bond donors (Lipinski definition) is 1. The van der Waals surface area contributed by atoms with Gasteiger partial charge in [-0.2, -0.15) is 5.26 Å². The van der Waals surface area contributed by atoms with Gasteiger partial charge in [0.15, 0.2) is 0 Å². The SMILES string of the molecule is Cc1sc(NC(=O)C2CC(=O)N(C3CC3)C2)c(C#N)c1C. The van der Waals surface area contributed by atoms with E-state index in [2.05, 4.69) is 11.4 Å². The fourth-order valence-electron chi connectivity index (χ4n) is 2.71. The number of nitrogens with zero attached hydrogens (tertiary/aromatic N) is 2. The molecule has 0 aromatic carbocycles. The molecule has 2 fully saturated rings. The van der Waals surface area contributed by atoms with Crippen LogP contribution in [-0.2, 0) is 9.59 Å². The van der Waals surface area contributed by atoms with Crippen LogP contribution in [0.2, 0.25) is 0 Å². The molecule has 21 heavy (non-hydrogen) atoms. The highest BCUT2D eigenvalue weighted by atomic mass is 32.1. The van der Waals surface area contributed by atoms with E-state index >= 15 is 0 Å². The van der Waals surface area contributed by atoms with Gasteiger partial charge in [0, 0.05) is 23.9 Å². The number of carbonyl (C=O) groups excluding carboxylic acids is 2. The normalized spacial score (nSPS) is 21.5. The molecule has 5 nitrogen and oxygen atoms in total. The number of thiophene rings is 1. The third-order valence-electron chi connectivity index (χ3n) is 4.25. The first-order valence-corrected chi connectivity index (χ1v) is 7.93. The van der Waals surface area contributed by atoms with E-state index in [4.69, 9.17) is 0 Å². The van der Waals surface area contributed by atoms with Crippen molar-refractivity contribution >= 4 is 28.2 Å². The van der Waals surface area contributed by atoms with Gasteiger partial charge in [-0.3, -0.25) is 9.59 Å². The van der Waals surface area contributed by atoms with Crippen molar-refractivity contribution in [1.29, 1.82) is 5.26 Å². The van der Waals surface area contributed by atoms with Gasteiger partial charge in [0.1, 0.15) is 11.1 Å². The number of anilines is 1. The topological polar surface area (TPSA) is 73.2 Å². The van der Waals surface area contributed by atoms with Crippen LogP contribution in [0.4, 0.5) is 5.00 Å². The van der Waals surface area contributed by atoms with Crippen LogP contribution in [0.1, 0.15) is 35.3 Å². The van der Waals surface area contributed by atoms with Gasteiger partial charge in [0.05, 0.1) is 11.5 Å². The maximum atomic E-state index is 12.3. The Morgan fingerprint density at radius 2 is 2.14 bits per heavy atom. The summed E-state index contributed by atoms with van der Waals surface area (Å²) in [4.78, 5) is 27.1. The maximum absolute atomic E-state index is 12.3. The molecule has 1 N–H and O–H groups in total. The minimum absolute atomic E-state index is 0.0803. The van der Waals surface area contributed by atoms with Crippen molar-refractivity contribution in [2.75, 3.05) is 11.9 Å². The lowest BCUT2D eigenvalue weighted by molar-refractivity contribution is -0.128. The van der Waals surface area contributed by atoms with E-state index in [9.17, 15) is 14.9 Å². The number of nitriles is 1. The fourth-order valence-corrected chi connectivity index (χ4v) is 3.72. The van der Waals surface area contributed by atoms with Gasteiger partial charge in [-0.25, -0.2) is 0 Å². The minimum atomic E-state index is -0.299. The van der Waals surface area contributed by atoms with Crippen molar-refractivity contribution in [1.82, 2.24) is 4.90 Å². The second-order valence-electron chi connectivity index (χ2n) is 5.77. The molecule has 2 aliphatic rings. The lowest BCUT2D eigenvalue weighted by Gasteiger charge is -2.15. The zero-order valence-electron chi connectivity index (χ0n) is 12.1. The summed E-state index contributed by atoms with van der Waals surface area (Å²) >= 11 is 1.42. The molecule has 1 atom stereocenters. The molecular weight excluding hydrogens is 286 g/mol. The predicted octanol–water partition coefficient (Wildman–Crippen LogP) is 2.19. The van der Waals surface area contributed by atoms with Gasteiger partial charge in [-0.1, -0.05) is 0 Å². The number of nitrogens with one attached hydrogen (secondary N) is 1. The molecule has 3 rings (SSSR count). The molecule has 1 unspecified atom stereocenters. The van der Waals surface area contributed by atoms with E-state index < -0.39 is 0 Å². The number of aryl methyl sites for hydroxylation is 1. The van der Waals surface area contributed by atoms with Crippen molar-refractivity contribution < 1.29 is 9.59 Å². The first-order chi connectivity index (χ1) is 10.0. The van der Waals surface area contributed by atoms with Crippen LogP contribution in [0.5, 0.6) is 0 Å². The van der Waals surface area contributed by atoms with E-state index in [0.29, 0.717) is 23.2 Å². The highest BCUT2D eigenvalue weighted by Gasteiger charge is 2.41. The Bertz CT molecular complexity index is 655. The molecule has 1 aromatic heterocycles. The molecule has 0 radical (unpaired) electrons. The highest BCUT2D eigenvalue weighted by molar-refractivity contribution is 7.16. The summed E-state index contributed by atoms with van der Waals surface area (Å²) in [6.45, 7) is 4.33. The lowest BCUT2D eigenvalue weighted by atomic mass is 10.1. The Morgan fingerprint density at radius 3 is 2.76 bits per heavy atom. The zero-order chi connectivity index (χ0) is 15.1. The number of hydrogen-bond acceptors (Lipinski definition) is 4. The van der Waals surface area contributed by atoms with Crippen LogP contribution in [0.25, 0.3) is 0 Å². The maximum Gasteiger partial charge on any atom is 0.230 e. The van der Waals surface area contributed by atoms with Crippen molar-refractivity contribution in [2.24, 2.45) is 5.92 Å². The molecule has 1 aromatic rings. The van der Waals surface area contributed by atoms with Gasteiger partial charge in [-0.05, 0) is 32.3 Å². The molecule has 6 heteroatoms. The van der Waals surface area contributed by atoms with E-state index in [1.165, 1.54) is 11.3 Å². The second-order valence-corrected chi connectivity index (χ2v) is 6.99. The van der Waals surface area contributed by atoms with Crippen LogP contribution in [0, 0.1) is 31.1 Å². The minimum Gasteiger partial charge on any atom is -0.339 e. The Kier molecular flexibility index (Phi) is 3.46. The van der Waals surface area contributed by atoms with Crippen LogP contribution in [0.3, 0.4) is 0 Å². The molecule has 2 heterocycles. The third-order valence-corrected chi connectivity index (χ3v) is 5.37.